The first-order valence-corrected chi connectivity index (χ1v) is 24.1. The fourth-order valence-electron chi connectivity index (χ4n) is 11.4. The number of rotatable bonds is 7. The molecule has 0 unspecified atom stereocenters. The number of benzene rings is 11. The van der Waals surface area contributed by atoms with E-state index in [2.05, 4.69) is 248 Å². The van der Waals surface area contributed by atoms with E-state index in [0.29, 0.717) is 0 Å². The maximum atomic E-state index is 6.50. The third kappa shape index (κ3) is 5.70. The topological polar surface area (TPSA) is 16.4 Å². The Labute approximate surface area is 398 Å². The minimum absolute atomic E-state index is 0.461. The Morgan fingerprint density at radius 3 is 1.66 bits per heavy atom. The first-order chi connectivity index (χ1) is 33.7. The lowest BCUT2D eigenvalue weighted by Gasteiger charge is -2.34. The molecule has 2 heterocycles. The number of fused-ring (bicyclic) bond motifs is 11. The summed E-state index contributed by atoms with van der Waals surface area (Å²) in [6, 6.07) is 91.1. The molecule has 11 aromatic carbocycles. The molecule has 0 saturated carbocycles. The summed E-state index contributed by atoms with van der Waals surface area (Å²) >= 11 is 1.89. The molecule has 13 aromatic rings. The average molecular weight is 884 g/mol. The maximum Gasteiger partial charge on any atom is 0.143 e. The van der Waals surface area contributed by atoms with Crippen molar-refractivity contribution in [3.63, 3.8) is 0 Å². The Kier molecular flexibility index (Phi) is 8.71. The Morgan fingerprint density at radius 2 is 0.897 bits per heavy atom. The van der Waals surface area contributed by atoms with Gasteiger partial charge in [0.1, 0.15) is 11.2 Å². The second kappa shape index (κ2) is 15.3. The highest BCUT2D eigenvalue weighted by Gasteiger charge is 2.46. The quantitative estimate of drug-likeness (QED) is 0.159. The van der Waals surface area contributed by atoms with Crippen molar-refractivity contribution in [2.24, 2.45) is 0 Å². The summed E-state index contributed by atoms with van der Waals surface area (Å²) in [5.41, 5.74) is 17.0. The van der Waals surface area contributed by atoms with Gasteiger partial charge in [-0.05, 0) is 97.2 Å². The van der Waals surface area contributed by atoms with E-state index in [1.807, 2.05) is 17.4 Å². The minimum atomic E-state index is -0.461. The van der Waals surface area contributed by atoms with Crippen molar-refractivity contribution < 1.29 is 4.42 Å². The molecule has 0 spiro atoms. The van der Waals surface area contributed by atoms with Gasteiger partial charge < -0.3 is 9.32 Å². The Bertz CT molecular complexity index is 4030. The smallest absolute Gasteiger partial charge is 0.143 e. The molecule has 0 aliphatic heterocycles. The summed E-state index contributed by atoms with van der Waals surface area (Å²) in [7, 11) is 0. The SMILES string of the molecule is c1ccc(C2(c3ccccc3)c3ccccc3-c3c(-c4ccc(N(c5ccc(-c6cccc7c6oc6ccccc67)cc5)c5cccc6c5sc5c7ccccc7ccc65)cc4)cccc32)cc1. The van der Waals surface area contributed by atoms with Gasteiger partial charge in [-0.2, -0.15) is 0 Å². The summed E-state index contributed by atoms with van der Waals surface area (Å²) in [6.45, 7) is 0. The highest BCUT2D eigenvalue weighted by atomic mass is 32.1. The fraction of sp³-hybridized carbons (Fsp3) is 0.0154. The van der Waals surface area contributed by atoms with Crippen LogP contribution in [0.4, 0.5) is 17.1 Å². The molecule has 0 fully saturated rings. The molecule has 2 nitrogen and oxygen atoms in total. The summed E-state index contributed by atoms with van der Waals surface area (Å²) in [5.74, 6) is 0. The normalized spacial score (nSPS) is 12.8. The molecule has 14 rings (SSSR count). The molecule has 0 saturated heterocycles. The van der Waals surface area contributed by atoms with Gasteiger partial charge in [0.25, 0.3) is 0 Å². The highest BCUT2D eigenvalue weighted by Crippen LogP contribution is 2.58. The van der Waals surface area contributed by atoms with Gasteiger partial charge >= 0.3 is 0 Å². The zero-order valence-corrected chi connectivity index (χ0v) is 37.8. The molecular formula is C65H41NOS. The summed E-state index contributed by atoms with van der Waals surface area (Å²) < 4.78 is 9.08. The van der Waals surface area contributed by atoms with Crippen molar-refractivity contribution in [1.82, 2.24) is 0 Å². The van der Waals surface area contributed by atoms with Gasteiger partial charge in [-0.25, -0.2) is 0 Å². The van der Waals surface area contributed by atoms with E-state index in [4.69, 9.17) is 4.42 Å². The van der Waals surface area contributed by atoms with E-state index in [9.17, 15) is 0 Å². The van der Waals surface area contributed by atoms with E-state index in [1.165, 1.54) is 75.5 Å². The van der Waals surface area contributed by atoms with E-state index in [1.54, 1.807) is 0 Å². The zero-order valence-electron chi connectivity index (χ0n) is 36.9. The highest BCUT2D eigenvalue weighted by molar-refractivity contribution is 7.27. The number of furan rings is 1. The monoisotopic (exact) mass is 883 g/mol. The van der Waals surface area contributed by atoms with Gasteiger partial charge in [-0.1, -0.05) is 212 Å². The second-order valence-corrected chi connectivity index (χ2v) is 18.9. The zero-order chi connectivity index (χ0) is 44.8. The molecule has 3 heteroatoms. The molecule has 318 valence electrons. The standard InChI is InChI=1S/C65H41NOS/c1-3-17-45(18-4-1)65(46-19-5-2-6-20-46)57-28-11-9-23-56(57)61-49(24-14-29-58(61)65)43-32-37-47(38-33-43)66(59-30-15-27-54-55-41-36-42-16-7-8-21-51(42)63(55)68-64(54)59)48-39-34-44(35-40-48)50-25-13-26-53-52-22-10-12-31-60(52)67-62(50)53/h1-41H. The molecule has 0 N–H and O–H groups in total. The molecule has 1 aliphatic rings. The second-order valence-electron chi connectivity index (χ2n) is 17.9. The van der Waals surface area contributed by atoms with Crippen LogP contribution in [0, 0.1) is 0 Å². The molecule has 0 radical (unpaired) electrons. The number of hydrogen-bond acceptors (Lipinski definition) is 3. The number of anilines is 3. The van der Waals surface area contributed by atoms with Crippen LogP contribution >= 0.6 is 11.3 Å². The van der Waals surface area contributed by atoms with Crippen LogP contribution in [0.25, 0.3) is 86.3 Å². The van der Waals surface area contributed by atoms with Crippen LogP contribution < -0.4 is 4.90 Å². The summed E-state index contributed by atoms with van der Waals surface area (Å²) in [5, 5.41) is 7.37. The maximum absolute atomic E-state index is 6.50. The van der Waals surface area contributed by atoms with Crippen LogP contribution in [0.5, 0.6) is 0 Å². The first kappa shape index (κ1) is 38.7. The van der Waals surface area contributed by atoms with Crippen LogP contribution in [0.2, 0.25) is 0 Å². The predicted molar refractivity (Wildman–Crippen MR) is 287 cm³/mol. The van der Waals surface area contributed by atoms with Gasteiger partial charge in [-0.15, -0.1) is 11.3 Å². The summed E-state index contributed by atoms with van der Waals surface area (Å²) in [4.78, 5) is 2.44. The Morgan fingerprint density at radius 1 is 0.353 bits per heavy atom. The van der Waals surface area contributed by atoms with Crippen molar-refractivity contribution in [3.05, 3.63) is 271 Å². The lowest BCUT2D eigenvalue weighted by molar-refractivity contribution is 0.670. The molecule has 0 atom stereocenters. The lowest BCUT2D eigenvalue weighted by atomic mass is 9.67. The largest absolute Gasteiger partial charge is 0.455 e. The van der Waals surface area contributed by atoms with Crippen LogP contribution in [0.3, 0.4) is 0 Å². The Balaban J connectivity index is 0.939. The third-order valence-corrected chi connectivity index (χ3v) is 15.6. The van der Waals surface area contributed by atoms with Gasteiger partial charge in [0.05, 0.1) is 15.8 Å². The van der Waals surface area contributed by atoms with E-state index in [-0.39, 0.29) is 0 Å². The molecule has 1 aliphatic carbocycles. The van der Waals surface area contributed by atoms with Crippen LogP contribution in [-0.2, 0) is 5.41 Å². The van der Waals surface area contributed by atoms with Gasteiger partial charge in [0.2, 0.25) is 0 Å². The van der Waals surface area contributed by atoms with E-state index >= 15 is 0 Å². The third-order valence-electron chi connectivity index (χ3n) is 14.4. The van der Waals surface area contributed by atoms with Gasteiger partial charge in [-0.3, -0.25) is 0 Å². The fourth-order valence-corrected chi connectivity index (χ4v) is 12.7. The van der Waals surface area contributed by atoms with Gasteiger partial charge in [0, 0.05) is 43.2 Å². The van der Waals surface area contributed by atoms with Crippen molar-refractivity contribution >= 4 is 81.3 Å². The number of thiophene rings is 1. The number of para-hydroxylation sites is 2. The van der Waals surface area contributed by atoms with E-state index in [0.717, 1.165) is 50.1 Å². The molecule has 0 bridgehead atoms. The predicted octanol–water partition coefficient (Wildman–Crippen LogP) is 18.3. The van der Waals surface area contributed by atoms with Crippen LogP contribution in [0.15, 0.2) is 253 Å². The minimum Gasteiger partial charge on any atom is -0.455 e. The van der Waals surface area contributed by atoms with Crippen LogP contribution in [0.1, 0.15) is 22.3 Å². The van der Waals surface area contributed by atoms with Crippen molar-refractivity contribution in [2.75, 3.05) is 4.90 Å². The number of nitrogens with zero attached hydrogens (tertiary/aromatic N) is 1. The Hall–Kier alpha value is -8.50. The molecule has 0 amide bonds. The van der Waals surface area contributed by atoms with E-state index < -0.39 is 5.41 Å². The lowest BCUT2D eigenvalue weighted by Crippen LogP contribution is -2.28. The number of hydrogen-bond donors (Lipinski definition) is 0. The average Bonchev–Trinajstić information content (AvgIpc) is 4.09. The molecular weight excluding hydrogens is 843 g/mol. The van der Waals surface area contributed by atoms with Crippen molar-refractivity contribution in [3.8, 4) is 33.4 Å². The first-order valence-electron chi connectivity index (χ1n) is 23.3. The molecule has 68 heavy (non-hydrogen) atoms. The van der Waals surface area contributed by atoms with Gasteiger partial charge in [0.15, 0.2) is 0 Å². The molecule has 2 aromatic heterocycles. The van der Waals surface area contributed by atoms with Crippen molar-refractivity contribution in [1.29, 1.82) is 0 Å². The summed E-state index contributed by atoms with van der Waals surface area (Å²) in [6.07, 6.45) is 0. The van der Waals surface area contributed by atoms with Crippen LogP contribution in [-0.4, -0.2) is 0 Å². The van der Waals surface area contributed by atoms with Crippen molar-refractivity contribution in [2.45, 2.75) is 5.41 Å².